The van der Waals surface area contributed by atoms with Gasteiger partial charge in [0.25, 0.3) is 5.91 Å². The molecule has 1 aromatic heterocycles. The maximum absolute atomic E-state index is 13.7. The van der Waals surface area contributed by atoms with Gasteiger partial charge in [-0.05, 0) is 36.4 Å². The number of rotatable bonds is 6. The minimum absolute atomic E-state index is 0.229. The number of anilines is 3. The first kappa shape index (κ1) is 18.1. The number of nitrogens with one attached hydrogen (secondary N) is 2. The first-order valence-corrected chi connectivity index (χ1v) is 8.00. The van der Waals surface area contributed by atoms with Gasteiger partial charge in [-0.15, -0.1) is 10.2 Å². The van der Waals surface area contributed by atoms with E-state index >= 15 is 0 Å². The molecule has 138 valence electrons. The molecule has 0 saturated heterocycles. The van der Waals surface area contributed by atoms with Gasteiger partial charge in [0, 0.05) is 0 Å². The standard InChI is InChI=1S/C19H17FN4O3/c1-26-14-8-5-9-15(27-2)18(14)19(25)22-17-11-10-16(23-24-17)21-13-7-4-3-6-12(13)20/h3-11H,1-2H3,(H,21,23)(H,22,24,25). The highest BCUT2D eigenvalue weighted by atomic mass is 19.1. The molecule has 3 aromatic rings. The molecule has 7 nitrogen and oxygen atoms in total. The molecule has 0 aliphatic carbocycles. The number of hydrogen-bond acceptors (Lipinski definition) is 6. The fourth-order valence-electron chi connectivity index (χ4n) is 2.42. The first-order valence-electron chi connectivity index (χ1n) is 8.00. The van der Waals surface area contributed by atoms with Gasteiger partial charge >= 0.3 is 0 Å². The third-order valence-corrected chi connectivity index (χ3v) is 3.70. The van der Waals surface area contributed by atoms with Crippen LogP contribution in [0.25, 0.3) is 0 Å². The predicted octanol–water partition coefficient (Wildman–Crippen LogP) is 3.63. The van der Waals surface area contributed by atoms with Crippen LogP contribution < -0.4 is 20.1 Å². The highest BCUT2D eigenvalue weighted by Crippen LogP contribution is 2.29. The average molecular weight is 368 g/mol. The third-order valence-electron chi connectivity index (χ3n) is 3.70. The lowest BCUT2D eigenvalue weighted by molar-refractivity contribution is 0.102. The highest BCUT2D eigenvalue weighted by Gasteiger charge is 2.18. The first-order chi connectivity index (χ1) is 13.1. The normalized spacial score (nSPS) is 10.2. The topological polar surface area (TPSA) is 85.4 Å². The average Bonchev–Trinajstić information content (AvgIpc) is 2.70. The molecule has 2 N–H and O–H groups in total. The maximum atomic E-state index is 13.7. The van der Waals surface area contributed by atoms with Crippen molar-refractivity contribution < 1.29 is 18.7 Å². The predicted molar refractivity (Wildman–Crippen MR) is 99.2 cm³/mol. The van der Waals surface area contributed by atoms with Crippen molar-refractivity contribution in [2.24, 2.45) is 0 Å². The largest absolute Gasteiger partial charge is 0.496 e. The second-order valence-electron chi connectivity index (χ2n) is 5.40. The van der Waals surface area contributed by atoms with E-state index in [1.807, 2.05) is 0 Å². The lowest BCUT2D eigenvalue weighted by Gasteiger charge is -2.12. The molecule has 3 rings (SSSR count). The Morgan fingerprint density at radius 2 is 1.52 bits per heavy atom. The van der Waals surface area contributed by atoms with Crippen LogP contribution in [0.5, 0.6) is 11.5 Å². The molecule has 0 aliphatic heterocycles. The van der Waals surface area contributed by atoms with Crippen LogP contribution in [0.3, 0.4) is 0 Å². The van der Waals surface area contributed by atoms with E-state index in [4.69, 9.17) is 9.47 Å². The van der Waals surface area contributed by atoms with Gasteiger partial charge in [0.2, 0.25) is 0 Å². The number of para-hydroxylation sites is 1. The maximum Gasteiger partial charge on any atom is 0.264 e. The Kier molecular flexibility index (Phi) is 5.46. The van der Waals surface area contributed by atoms with Crippen LogP contribution >= 0.6 is 0 Å². The summed E-state index contributed by atoms with van der Waals surface area (Å²) in [6.07, 6.45) is 0. The number of benzene rings is 2. The number of carbonyl (C=O) groups excluding carboxylic acids is 1. The van der Waals surface area contributed by atoms with Crippen LogP contribution in [0.2, 0.25) is 0 Å². The molecule has 0 bridgehead atoms. The molecule has 27 heavy (non-hydrogen) atoms. The molecule has 8 heteroatoms. The number of carbonyl (C=O) groups is 1. The summed E-state index contributed by atoms with van der Waals surface area (Å²) >= 11 is 0. The van der Waals surface area contributed by atoms with Gasteiger partial charge in [0.1, 0.15) is 22.9 Å². The number of hydrogen-bond donors (Lipinski definition) is 2. The Labute approximate surface area is 155 Å². The molecular formula is C19H17FN4O3. The van der Waals surface area contributed by atoms with Gasteiger partial charge in [0.15, 0.2) is 11.6 Å². The van der Waals surface area contributed by atoms with Crippen LogP contribution in [0.4, 0.5) is 21.7 Å². The van der Waals surface area contributed by atoms with Crippen molar-refractivity contribution in [1.82, 2.24) is 10.2 Å². The van der Waals surface area contributed by atoms with Gasteiger partial charge in [-0.2, -0.15) is 0 Å². The molecule has 0 fully saturated rings. The number of amides is 1. The van der Waals surface area contributed by atoms with Gasteiger partial charge in [-0.25, -0.2) is 4.39 Å². The molecule has 0 spiro atoms. The zero-order valence-corrected chi connectivity index (χ0v) is 14.7. The van der Waals surface area contributed by atoms with Gasteiger partial charge < -0.3 is 20.1 Å². The Hall–Kier alpha value is -3.68. The number of ether oxygens (including phenoxy) is 2. The Balaban J connectivity index is 1.75. The quantitative estimate of drug-likeness (QED) is 0.691. The van der Waals surface area contributed by atoms with Crippen LogP contribution in [0, 0.1) is 5.82 Å². The third kappa shape index (κ3) is 4.12. The number of nitrogens with zero attached hydrogens (tertiary/aromatic N) is 2. The lowest BCUT2D eigenvalue weighted by atomic mass is 10.1. The summed E-state index contributed by atoms with van der Waals surface area (Å²) in [7, 11) is 2.93. The summed E-state index contributed by atoms with van der Waals surface area (Å²) in [4.78, 5) is 12.6. The van der Waals surface area contributed by atoms with Crippen molar-refractivity contribution in [3.05, 3.63) is 66.0 Å². The minimum Gasteiger partial charge on any atom is -0.496 e. The van der Waals surface area contributed by atoms with Gasteiger partial charge in [-0.3, -0.25) is 4.79 Å². The number of methoxy groups -OCH3 is 2. The van der Waals surface area contributed by atoms with E-state index in [0.29, 0.717) is 17.3 Å². The zero-order chi connectivity index (χ0) is 19.2. The monoisotopic (exact) mass is 368 g/mol. The van der Waals surface area contributed by atoms with Crippen molar-refractivity contribution >= 4 is 23.2 Å². The van der Waals surface area contributed by atoms with Gasteiger partial charge in [-0.1, -0.05) is 18.2 Å². The van der Waals surface area contributed by atoms with Crippen molar-refractivity contribution in [2.45, 2.75) is 0 Å². The summed E-state index contributed by atoms with van der Waals surface area (Å²) in [5.41, 5.74) is 0.528. The summed E-state index contributed by atoms with van der Waals surface area (Å²) in [5.74, 6) is 0.462. The fraction of sp³-hybridized carbons (Fsp3) is 0.105. The van der Waals surface area contributed by atoms with E-state index in [9.17, 15) is 9.18 Å². The van der Waals surface area contributed by atoms with Gasteiger partial charge in [0.05, 0.1) is 19.9 Å². The molecule has 1 heterocycles. The highest BCUT2D eigenvalue weighted by molar-refractivity contribution is 6.07. The van der Waals surface area contributed by atoms with E-state index in [1.165, 1.54) is 20.3 Å². The van der Waals surface area contributed by atoms with E-state index in [2.05, 4.69) is 20.8 Å². The molecule has 1 amide bonds. The van der Waals surface area contributed by atoms with Crippen molar-refractivity contribution in [3.8, 4) is 11.5 Å². The van der Waals surface area contributed by atoms with Crippen molar-refractivity contribution in [2.75, 3.05) is 24.9 Å². The summed E-state index contributed by atoms with van der Waals surface area (Å²) in [5, 5.41) is 13.3. The Morgan fingerprint density at radius 1 is 0.889 bits per heavy atom. The van der Waals surface area contributed by atoms with Crippen molar-refractivity contribution in [1.29, 1.82) is 0 Å². The summed E-state index contributed by atoms with van der Waals surface area (Å²) < 4.78 is 24.1. The SMILES string of the molecule is COc1cccc(OC)c1C(=O)Nc1ccc(Nc2ccccc2F)nn1. The molecule has 2 aromatic carbocycles. The Morgan fingerprint density at radius 3 is 2.11 bits per heavy atom. The second kappa shape index (κ2) is 8.13. The molecule has 0 atom stereocenters. The molecule has 0 unspecified atom stereocenters. The van der Waals surface area contributed by atoms with E-state index < -0.39 is 11.7 Å². The van der Waals surface area contributed by atoms with Crippen LogP contribution in [-0.2, 0) is 0 Å². The Bertz CT molecular complexity index is 926. The lowest BCUT2D eigenvalue weighted by Crippen LogP contribution is -2.16. The van der Waals surface area contributed by atoms with Crippen LogP contribution in [0.15, 0.2) is 54.6 Å². The molecular weight excluding hydrogens is 351 g/mol. The number of aromatic nitrogens is 2. The molecule has 0 radical (unpaired) electrons. The summed E-state index contributed by atoms with van der Waals surface area (Å²) in [6.45, 7) is 0. The molecule has 0 saturated carbocycles. The van der Waals surface area contributed by atoms with E-state index in [1.54, 1.807) is 48.5 Å². The smallest absolute Gasteiger partial charge is 0.264 e. The van der Waals surface area contributed by atoms with E-state index in [-0.39, 0.29) is 17.1 Å². The van der Waals surface area contributed by atoms with Crippen LogP contribution in [-0.4, -0.2) is 30.3 Å². The fourth-order valence-corrected chi connectivity index (χ4v) is 2.42. The van der Waals surface area contributed by atoms with Crippen LogP contribution in [0.1, 0.15) is 10.4 Å². The minimum atomic E-state index is -0.451. The number of halogens is 1. The summed E-state index contributed by atoms with van der Waals surface area (Å²) in [6, 6.07) is 14.4. The zero-order valence-electron chi connectivity index (χ0n) is 14.7. The second-order valence-corrected chi connectivity index (χ2v) is 5.40. The molecule has 0 aliphatic rings. The van der Waals surface area contributed by atoms with E-state index in [0.717, 1.165) is 0 Å². The van der Waals surface area contributed by atoms with Crippen molar-refractivity contribution in [3.63, 3.8) is 0 Å².